The number of carboxylic acid groups (broad SMARTS) is 2. The molecule has 0 bridgehead atoms. The Morgan fingerprint density at radius 3 is 1.65 bits per heavy atom. The lowest BCUT2D eigenvalue weighted by atomic mass is 9.86. The van der Waals surface area contributed by atoms with Crippen molar-refractivity contribution in [3.05, 3.63) is 201 Å². The van der Waals surface area contributed by atoms with E-state index in [1.165, 1.54) is 15.9 Å². The molecular weight excluding hydrogens is 947 g/mol. The monoisotopic (exact) mass is 1000 g/mol. The Kier molecular flexibility index (Phi) is 15.2. The summed E-state index contributed by atoms with van der Waals surface area (Å²) in [6.45, 7) is -0.290. The van der Waals surface area contributed by atoms with Gasteiger partial charge in [-0.3, -0.25) is 9.59 Å². The molecule has 2 fully saturated rings. The zero-order valence-electron chi connectivity index (χ0n) is 40.8. The molecule has 2 saturated carbocycles. The van der Waals surface area contributed by atoms with Gasteiger partial charge in [-0.25, -0.2) is 18.4 Å². The molecular formula is C60H58F2N2O10. The second kappa shape index (κ2) is 22.4. The molecule has 6 aromatic rings. The predicted octanol–water partition coefficient (Wildman–Crippen LogP) is 10.6. The van der Waals surface area contributed by atoms with Crippen LogP contribution in [0.5, 0.6) is 11.5 Å². The van der Waals surface area contributed by atoms with Gasteiger partial charge in [0, 0.05) is 42.6 Å². The van der Waals surface area contributed by atoms with E-state index in [2.05, 4.69) is 0 Å². The third kappa shape index (κ3) is 10.8. The Bertz CT molecular complexity index is 2980. The first kappa shape index (κ1) is 50.1. The molecule has 74 heavy (non-hydrogen) atoms. The van der Waals surface area contributed by atoms with E-state index in [1.807, 2.05) is 66.7 Å². The van der Waals surface area contributed by atoms with E-state index < -0.39 is 71.7 Å². The van der Waals surface area contributed by atoms with Crippen molar-refractivity contribution in [3.8, 4) is 11.5 Å². The number of hydrogen-bond acceptors (Lipinski definition) is 8. The van der Waals surface area contributed by atoms with E-state index in [0.717, 1.165) is 36.8 Å². The van der Waals surface area contributed by atoms with E-state index in [-0.39, 0.29) is 63.0 Å². The highest BCUT2D eigenvalue weighted by Crippen LogP contribution is 2.45. The fourth-order valence-corrected chi connectivity index (χ4v) is 11.2. The molecule has 10 rings (SSSR count). The maximum atomic E-state index is 17.7. The van der Waals surface area contributed by atoms with Crippen LogP contribution >= 0.6 is 0 Å². The van der Waals surface area contributed by atoms with Crippen LogP contribution in [0, 0.1) is 11.6 Å². The molecule has 0 spiro atoms. The summed E-state index contributed by atoms with van der Waals surface area (Å²) in [7, 11) is 0. The van der Waals surface area contributed by atoms with E-state index in [4.69, 9.17) is 18.9 Å². The maximum absolute atomic E-state index is 17.7. The number of amides is 2. The summed E-state index contributed by atoms with van der Waals surface area (Å²) in [5.41, 5.74) is 4.54. The summed E-state index contributed by atoms with van der Waals surface area (Å²) in [5, 5.41) is 21.4. The average Bonchev–Trinajstić information content (AvgIpc) is 4.15. The summed E-state index contributed by atoms with van der Waals surface area (Å²) >= 11 is 0. The first-order valence-electron chi connectivity index (χ1n) is 25.5. The lowest BCUT2D eigenvalue weighted by Gasteiger charge is -2.38. The van der Waals surface area contributed by atoms with Crippen molar-refractivity contribution in [2.75, 3.05) is 0 Å². The maximum Gasteiger partial charge on any atom is 0.326 e. The fourth-order valence-electron chi connectivity index (χ4n) is 11.2. The number of carbonyl (C=O) groups excluding carboxylic acids is 2. The van der Waals surface area contributed by atoms with Gasteiger partial charge in [-0.1, -0.05) is 140 Å². The van der Waals surface area contributed by atoms with Crippen molar-refractivity contribution < 1.29 is 57.1 Å². The van der Waals surface area contributed by atoms with E-state index >= 15 is 8.78 Å². The van der Waals surface area contributed by atoms with Gasteiger partial charge >= 0.3 is 11.9 Å². The first-order chi connectivity index (χ1) is 36.0. The van der Waals surface area contributed by atoms with Crippen LogP contribution in [0.2, 0.25) is 0 Å². The Labute approximate surface area is 428 Å². The van der Waals surface area contributed by atoms with Crippen molar-refractivity contribution in [2.24, 2.45) is 0 Å². The van der Waals surface area contributed by atoms with Crippen molar-refractivity contribution in [3.63, 3.8) is 0 Å². The molecule has 2 aliphatic carbocycles. The predicted molar refractivity (Wildman–Crippen MR) is 269 cm³/mol. The molecule has 0 saturated heterocycles. The standard InChI is InChI=1S/C60H58F2N2O10/c61-49-28-26-42-33-63(50(59(67)68)30-46(42)56(49)72-36-38-17-7-2-8-18-38)57(65)55(40-21-11-4-12-22-40)74-44-27-25-41(29-44)45-32-52(71-35-37-15-5-1-6-16-37)47-31-51(60(69)70)64(34-48(47)53(45)62)58(66)54(39-19-9-3-10-20-39)73-43-23-13-14-24-43/h1-12,15-22,26,28,32,41,43-44,50-51,54-55H,13-14,23-25,27,29-31,33-36H2,(H,67,68)(H,69,70). The molecule has 2 N–H and O–H groups in total. The number of halogens is 2. The molecule has 4 aliphatic rings. The minimum Gasteiger partial charge on any atom is -0.489 e. The van der Waals surface area contributed by atoms with E-state index in [1.54, 1.807) is 66.7 Å². The third-order valence-corrected chi connectivity index (χ3v) is 15.0. The van der Waals surface area contributed by atoms with Crippen LogP contribution < -0.4 is 9.47 Å². The Morgan fingerprint density at radius 1 is 0.568 bits per heavy atom. The number of nitrogens with zero attached hydrogens (tertiary/aromatic N) is 2. The number of carbonyl (C=O) groups is 4. The van der Waals surface area contributed by atoms with Crippen LogP contribution in [0.15, 0.2) is 140 Å². The molecule has 2 amide bonds. The number of ether oxygens (including phenoxy) is 4. The summed E-state index contributed by atoms with van der Waals surface area (Å²) in [5.74, 6) is -5.03. The third-order valence-electron chi connectivity index (χ3n) is 15.0. The fraction of sp³-hybridized carbons (Fsp3) is 0.333. The summed E-state index contributed by atoms with van der Waals surface area (Å²) in [6.07, 6.45) is 1.12. The van der Waals surface area contributed by atoms with Crippen LogP contribution in [-0.4, -0.2) is 68.1 Å². The average molecular weight is 1010 g/mol. The van der Waals surface area contributed by atoms with Gasteiger partial charge in [0.25, 0.3) is 11.8 Å². The number of fused-ring (bicyclic) bond motifs is 2. The number of benzene rings is 6. The van der Waals surface area contributed by atoms with Gasteiger partial charge in [0.1, 0.15) is 36.9 Å². The number of aliphatic carboxylic acids is 2. The number of hydrogen-bond donors (Lipinski definition) is 2. The van der Waals surface area contributed by atoms with E-state index in [0.29, 0.717) is 52.0 Å². The molecule has 0 aromatic heterocycles. The van der Waals surface area contributed by atoms with Crippen LogP contribution in [-0.2, 0) is 67.8 Å². The largest absolute Gasteiger partial charge is 0.489 e. The highest BCUT2D eigenvalue weighted by molar-refractivity contribution is 5.89. The van der Waals surface area contributed by atoms with Gasteiger partial charge in [-0.05, 0) is 83.5 Å². The van der Waals surface area contributed by atoms with Gasteiger partial charge in [-0.15, -0.1) is 0 Å². The topological polar surface area (TPSA) is 152 Å². The van der Waals surface area contributed by atoms with Crippen molar-refractivity contribution in [1.29, 1.82) is 0 Å². The molecule has 2 aliphatic heterocycles. The minimum absolute atomic E-state index is 0.0497. The second-order valence-electron chi connectivity index (χ2n) is 19.7. The normalized spacial score (nSPS) is 20.3. The Morgan fingerprint density at radius 2 is 1.08 bits per heavy atom. The van der Waals surface area contributed by atoms with E-state index in [9.17, 15) is 29.4 Å². The van der Waals surface area contributed by atoms with Crippen LogP contribution in [0.1, 0.15) is 113 Å². The first-order valence-corrected chi connectivity index (χ1v) is 25.5. The zero-order chi connectivity index (χ0) is 51.3. The molecule has 12 nitrogen and oxygen atoms in total. The molecule has 0 radical (unpaired) electrons. The molecule has 6 aromatic carbocycles. The molecule has 14 heteroatoms. The van der Waals surface area contributed by atoms with Crippen molar-refractivity contribution >= 4 is 23.8 Å². The van der Waals surface area contributed by atoms with Gasteiger partial charge in [0.15, 0.2) is 23.8 Å². The lowest BCUT2D eigenvalue weighted by Crippen LogP contribution is -2.51. The van der Waals surface area contributed by atoms with Crippen molar-refractivity contribution in [2.45, 2.75) is 127 Å². The van der Waals surface area contributed by atoms with Crippen LogP contribution in [0.25, 0.3) is 0 Å². The molecule has 2 heterocycles. The van der Waals surface area contributed by atoms with Crippen LogP contribution in [0.3, 0.4) is 0 Å². The van der Waals surface area contributed by atoms with Gasteiger partial charge in [0.2, 0.25) is 0 Å². The SMILES string of the molecule is O=C(O)C1Cc2c(ccc(F)c2OCc2ccccc2)CN1C(=O)C(OC1CCC(c2cc(OCc3ccccc3)c3c(c2F)CN(C(=O)C(OC2CCCC2)c2ccccc2)C(C(=O)O)C3)C1)c1ccccc1. The van der Waals surface area contributed by atoms with Gasteiger partial charge in [0.05, 0.1) is 12.2 Å². The highest BCUT2D eigenvalue weighted by Gasteiger charge is 2.45. The lowest BCUT2D eigenvalue weighted by molar-refractivity contribution is -0.160. The summed E-state index contributed by atoms with van der Waals surface area (Å²) in [4.78, 5) is 58.4. The highest BCUT2D eigenvalue weighted by atomic mass is 19.1. The molecule has 6 unspecified atom stereocenters. The minimum atomic E-state index is -1.37. The van der Waals surface area contributed by atoms with Crippen molar-refractivity contribution in [1.82, 2.24) is 9.80 Å². The zero-order valence-corrected chi connectivity index (χ0v) is 40.8. The molecule has 382 valence electrons. The van der Waals surface area contributed by atoms with Gasteiger partial charge in [-0.2, -0.15) is 0 Å². The number of carboxylic acids is 2. The summed E-state index contributed by atoms with van der Waals surface area (Å²) < 4.78 is 58.8. The van der Waals surface area contributed by atoms with Gasteiger partial charge < -0.3 is 39.0 Å². The summed E-state index contributed by atoms with van der Waals surface area (Å²) in [6, 6.07) is 38.2. The van der Waals surface area contributed by atoms with Crippen LogP contribution in [0.4, 0.5) is 8.78 Å². The quantitative estimate of drug-likeness (QED) is 0.0903. The smallest absolute Gasteiger partial charge is 0.326 e. The second-order valence-corrected chi connectivity index (χ2v) is 19.7. The molecule has 6 atom stereocenters. The Hall–Kier alpha value is -7.42. The number of rotatable bonds is 17. The Balaban J connectivity index is 0.937.